The van der Waals surface area contributed by atoms with Crippen LogP contribution in [0.3, 0.4) is 0 Å². The molecular weight excluding hydrogens is 418 g/mol. The van der Waals surface area contributed by atoms with Crippen LogP contribution in [0.1, 0.15) is 40.5 Å². The van der Waals surface area contributed by atoms with Gasteiger partial charge in [0.2, 0.25) is 0 Å². The summed E-state index contributed by atoms with van der Waals surface area (Å²) in [7, 11) is -7.97. The summed E-state index contributed by atoms with van der Waals surface area (Å²) < 4.78 is 60.3. The third kappa shape index (κ3) is 24.8. The van der Waals surface area contributed by atoms with Crippen molar-refractivity contribution in [3.8, 4) is 0 Å². The molecule has 0 N–H and O–H groups in total. The fourth-order valence-electron chi connectivity index (χ4n) is 0.933. The van der Waals surface area contributed by atoms with Gasteiger partial charge in [-0.3, -0.25) is 0 Å². The molecule has 0 aromatic heterocycles. The molecule has 0 radical (unpaired) electrons. The van der Waals surface area contributed by atoms with E-state index in [4.69, 9.17) is 0 Å². The van der Waals surface area contributed by atoms with Crippen molar-refractivity contribution < 1.29 is 25.9 Å². The van der Waals surface area contributed by atoms with Gasteiger partial charge in [-0.1, -0.05) is 40.5 Å². The van der Waals surface area contributed by atoms with Crippen LogP contribution in [0.4, 0.5) is 0 Å². The summed E-state index contributed by atoms with van der Waals surface area (Å²) in [5, 5.41) is 0. The minimum Gasteiger partial charge on any atom is -0.748 e. The molecule has 0 bridgehead atoms. The van der Waals surface area contributed by atoms with E-state index in [2.05, 4.69) is 0 Å². The van der Waals surface area contributed by atoms with E-state index in [0.717, 1.165) is 12.8 Å². The molecule has 0 aliphatic heterocycles. The number of rotatable bonds is 6. The molecule has 0 aliphatic rings. The van der Waals surface area contributed by atoms with Gasteiger partial charge in [-0.15, -0.1) is 0 Å². The Hall–Kier alpha value is 1.39. The van der Waals surface area contributed by atoms with E-state index in [1.54, 1.807) is 13.8 Å². The van der Waals surface area contributed by atoms with Gasteiger partial charge in [-0.05, 0) is 11.8 Å². The molecule has 0 aromatic rings. The minimum atomic E-state index is -3.99. The second-order valence-electron chi connectivity index (χ2n) is 4.48. The van der Waals surface area contributed by atoms with Gasteiger partial charge in [0, 0.05) is 11.5 Å². The fraction of sp³-hybridized carbons (Fsp3) is 1.00. The first-order valence-corrected chi connectivity index (χ1v) is 8.93. The molecule has 2 atom stereocenters. The maximum absolute atomic E-state index is 10.0. The first-order chi connectivity index (χ1) is 7.91. The Balaban J connectivity index is -0.000000256. The van der Waals surface area contributed by atoms with Crippen LogP contribution in [-0.4, -0.2) is 86.3 Å². The Morgan fingerprint density at radius 2 is 1.00 bits per heavy atom. The normalized spacial score (nSPS) is 14.6. The summed E-state index contributed by atoms with van der Waals surface area (Å²) >= 11 is 0. The average Bonchev–Trinajstić information content (AvgIpc) is 2.13. The van der Waals surface area contributed by atoms with Crippen molar-refractivity contribution in [2.75, 3.05) is 11.5 Å². The van der Waals surface area contributed by atoms with Crippen LogP contribution < -0.4 is 0 Å². The Bertz CT molecular complexity index is 364. The van der Waals surface area contributed by atoms with Crippen LogP contribution in [0.25, 0.3) is 0 Å². The summed E-state index contributed by atoms with van der Waals surface area (Å²) in [4.78, 5) is 0. The predicted molar refractivity (Wildman–Crippen MR) is 73.8 cm³/mol. The molecule has 0 saturated heterocycles. The Morgan fingerprint density at radius 1 is 0.789 bits per heavy atom. The summed E-state index contributed by atoms with van der Waals surface area (Å²) in [6.07, 6.45) is 1.48. The largest absolute Gasteiger partial charge is 2.00 e. The van der Waals surface area contributed by atoms with Gasteiger partial charge < -0.3 is 9.11 Å². The first kappa shape index (κ1) is 25.4. The molecule has 0 aromatic carbocycles. The SMILES string of the molecule is CC[C@H](C)CS(=O)(=O)[O-].CC[C@H](C)CS(=O)(=O)[O-].[Ba+2]. The Morgan fingerprint density at radius 3 is 1.05 bits per heavy atom. The van der Waals surface area contributed by atoms with Crippen molar-refractivity contribution in [1.82, 2.24) is 0 Å². The zero-order valence-electron chi connectivity index (χ0n) is 12.0. The van der Waals surface area contributed by atoms with Crippen molar-refractivity contribution in [2.45, 2.75) is 40.5 Å². The molecule has 0 spiro atoms. The molecule has 0 saturated carbocycles. The maximum Gasteiger partial charge on any atom is 2.00 e. The van der Waals surface area contributed by atoms with Gasteiger partial charge in [-0.25, -0.2) is 16.8 Å². The minimum absolute atomic E-state index is 0. The van der Waals surface area contributed by atoms with Gasteiger partial charge in [-0.2, -0.15) is 0 Å². The van der Waals surface area contributed by atoms with E-state index in [0.29, 0.717) is 0 Å². The second-order valence-corrected chi connectivity index (χ2v) is 7.37. The quantitative estimate of drug-likeness (QED) is 0.446. The summed E-state index contributed by atoms with van der Waals surface area (Å²) in [5.41, 5.74) is 0. The molecule has 0 aliphatic carbocycles. The van der Waals surface area contributed by atoms with Crippen molar-refractivity contribution in [3.63, 3.8) is 0 Å². The van der Waals surface area contributed by atoms with Crippen LogP contribution in [-0.2, 0) is 20.2 Å². The number of hydrogen-bond acceptors (Lipinski definition) is 6. The molecule has 0 heterocycles. The third-order valence-corrected chi connectivity index (χ3v) is 4.33. The monoisotopic (exact) mass is 440 g/mol. The molecule has 0 unspecified atom stereocenters. The fourth-order valence-corrected chi connectivity index (χ4v) is 2.80. The Kier molecular flexibility index (Phi) is 16.0. The zero-order chi connectivity index (χ0) is 15.0. The summed E-state index contributed by atoms with van der Waals surface area (Å²) in [5.74, 6) is -0.479. The molecule has 112 valence electrons. The van der Waals surface area contributed by atoms with Crippen molar-refractivity contribution in [3.05, 3.63) is 0 Å². The average molecular weight is 440 g/mol. The second kappa shape index (κ2) is 12.0. The van der Waals surface area contributed by atoms with E-state index in [-0.39, 0.29) is 72.2 Å². The van der Waals surface area contributed by atoms with Crippen molar-refractivity contribution in [1.29, 1.82) is 0 Å². The molecule has 6 nitrogen and oxygen atoms in total. The van der Waals surface area contributed by atoms with Gasteiger partial charge >= 0.3 is 48.9 Å². The summed E-state index contributed by atoms with van der Waals surface area (Å²) in [6, 6.07) is 0. The van der Waals surface area contributed by atoms with Crippen LogP contribution in [0.15, 0.2) is 0 Å². The Labute approximate surface area is 157 Å². The van der Waals surface area contributed by atoms with Gasteiger partial charge in [0.15, 0.2) is 0 Å². The standard InChI is InChI=1S/2C5H12O3S.Ba/c2*1-3-5(2)4-9(6,7)8;/h2*5H,3-4H2,1-2H3,(H,6,7,8);/q;;+2/p-2/t2*5-;/m00./s1. The molecular formula is C10H22BaO6S2. The first-order valence-electron chi connectivity index (χ1n) is 5.78. The maximum atomic E-state index is 10.0. The van der Waals surface area contributed by atoms with Crippen LogP contribution >= 0.6 is 0 Å². The van der Waals surface area contributed by atoms with Crippen LogP contribution in [0.5, 0.6) is 0 Å². The molecule has 0 fully saturated rings. The van der Waals surface area contributed by atoms with E-state index in [9.17, 15) is 25.9 Å². The molecule has 0 rings (SSSR count). The molecule has 0 amide bonds. The van der Waals surface area contributed by atoms with Crippen molar-refractivity contribution in [2.24, 2.45) is 11.8 Å². The van der Waals surface area contributed by atoms with Gasteiger partial charge in [0.05, 0.1) is 20.2 Å². The van der Waals surface area contributed by atoms with Crippen molar-refractivity contribution >= 4 is 69.1 Å². The smallest absolute Gasteiger partial charge is 0.748 e. The zero-order valence-corrected chi connectivity index (χ0v) is 18.0. The van der Waals surface area contributed by atoms with Crippen LogP contribution in [0.2, 0.25) is 0 Å². The number of hydrogen-bond donors (Lipinski definition) is 0. The van der Waals surface area contributed by atoms with Gasteiger partial charge in [0.1, 0.15) is 0 Å². The summed E-state index contributed by atoms with van der Waals surface area (Å²) in [6.45, 7) is 7.20. The van der Waals surface area contributed by atoms with Gasteiger partial charge in [0.25, 0.3) is 0 Å². The third-order valence-electron chi connectivity index (χ3n) is 2.37. The van der Waals surface area contributed by atoms with Crippen LogP contribution in [0, 0.1) is 11.8 Å². The predicted octanol–water partition coefficient (Wildman–Crippen LogP) is 0.775. The van der Waals surface area contributed by atoms with E-state index in [1.807, 2.05) is 13.8 Å². The topological polar surface area (TPSA) is 114 Å². The van der Waals surface area contributed by atoms with E-state index >= 15 is 0 Å². The molecule has 9 heteroatoms. The van der Waals surface area contributed by atoms with E-state index in [1.165, 1.54) is 0 Å². The molecule has 19 heavy (non-hydrogen) atoms. The van der Waals surface area contributed by atoms with E-state index < -0.39 is 20.2 Å².